The molecule has 6 heteroatoms. The Morgan fingerprint density at radius 3 is 2.77 bits per heavy atom. The number of alkyl halides is 1. The minimum absolute atomic E-state index is 0.0132. The standard InChI is InChI=1S/C16H20FNO3S/c1-3-4-15-12(10-19)18-16(22-15)11-5-6-13(20-2)14(9-11)21-8-7-17/h5-6,9,19H,3-4,7-8,10H2,1-2H3. The third-order valence-corrected chi connectivity index (χ3v) is 4.36. The van der Waals surface area contributed by atoms with Crippen LogP contribution in [0.1, 0.15) is 23.9 Å². The minimum atomic E-state index is -0.556. The van der Waals surface area contributed by atoms with Crippen molar-refractivity contribution in [3.05, 3.63) is 28.8 Å². The maximum atomic E-state index is 12.3. The summed E-state index contributed by atoms with van der Waals surface area (Å²) in [5, 5.41) is 10.2. The van der Waals surface area contributed by atoms with Gasteiger partial charge in [0.25, 0.3) is 0 Å². The van der Waals surface area contributed by atoms with Crippen molar-refractivity contribution in [3.8, 4) is 22.1 Å². The number of methoxy groups -OCH3 is 1. The molecule has 0 unspecified atom stereocenters. The van der Waals surface area contributed by atoms with Gasteiger partial charge in [-0.3, -0.25) is 0 Å². The predicted octanol–water partition coefficient (Wildman–Crippen LogP) is 3.61. The van der Waals surface area contributed by atoms with Gasteiger partial charge in [0.05, 0.1) is 19.4 Å². The van der Waals surface area contributed by atoms with Crippen LogP contribution >= 0.6 is 11.3 Å². The molecule has 1 N–H and O–H groups in total. The molecule has 0 fully saturated rings. The van der Waals surface area contributed by atoms with Crippen LogP contribution in [0.2, 0.25) is 0 Å². The average molecular weight is 325 g/mol. The Labute approximate surface area is 133 Å². The van der Waals surface area contributed by atoms with Crippen LogP contribution in [0, 0.1) is 0 Å². The lowest BCUT2D eigenvalue weighted by molar-refractivity contribution is 0.260. The van der Waals surface area contributed by atoms with Crippen LogP contribution in [0.3, 0.4) is 0 Å². The maximum absolute atomic E-state index is 12.3. The molecule has 22 heavy (non-hydrogen) atoms. The van der Waals surface area contributed by atoms with Crippen molar-refractivity contribution >= 4 is 11.3 Å². The van der Waals surface area contributed by atoms with Crippen LogP contribution in [-0.2, 0) is 13.0 Å². The Morgan fingerprint density at radius 2 is 2.14 bits per heavy atom. The lowest BCUT2D eigenvalue weighted by atomic mass is 10.2. The summed E-state index contributed by atoms with van der Waals surface area (Å²) in [5.41, 5.74) is 1.60. The number of aliphatic hydroxyl groups is 1. The first-order valence-electron chi connectivity index (χ1n) is 7.20. The smallest absolute Gasteiger partial charge is 0.161 e. The van der Waals surface area contributed by atoms with Gasteiger partial charge in [-0.05, 0) is 24.6 Å². The normalized spacial score (nSPS) is 10.7. The minimum Gasteiger partial charge on any atom is -0.493 e. The van der Waals surface area contributed by atoms with Crippen LogP contribution in [0.25, 0.3) is 10.6 Å². The van der Waals surface area contributed by atoms with Crippen molar-refractivity contribution in [3.63, 3.8) is 0 Å². The fourth-order valence-corrected chi connectivity index (χ4v) is 3.29. The zero-order valence-electron chi connectivity index (χ0n) is 12.8. The van der Waals surface area contributed by atoms with Crippen LogP contribution in [0.5, 0.6) is 11.5 Å². The van der Waals surface area contributed by atoms with E-state index >= 15 is 0 Å². The highest BCUT2D eigenvalue weighted by atomic mass is 32.1. The third-order valence-electron chi connectivity index (χ3n) is 3.15. The molecular weight excluding hydrogens is 305 g/mol. The number of hydrogen-bond acceptors (Lipinski definition) is 5. The van der Waals surface area contributed by atoms with Gasteiger partial charge in [-0.25, -0.2) is 9.37 Å². The summed E-state index contributed by atoms with van der Waals surface area (Å²) < 4.78 is 22.9. The molecular formula is C16H20FNO3S. The lowest BCUT2D eigenvalue weighted by Gasteiger charge is -2.10. The molecule has 120 valence electrons. The Hall–Kier alpha value is -1.66. The van der Waals surface area contributed by atoms with Crippen LogP contribution in [0.15, 0.2) is 18.2 Å². The highest BCUT2D eigenvalue weighted by Crippen LogP contribution is 2.35. The molecule has 0 saturated heterocycles. The highest BCUT2D eigenvalue weighted by molar-refractivity contribution is 7.15. The molecule has 0 atom stereocenters. The molecule has 0 spiro atoms. The molecule has 1 aromatic heterocycles. The molecule has 0 saturated carbocycles. The van der Waals surface area contributed by atoms with E-state index in [9.17, 15) is 9.50 Å². The monoisotopic (exact) mass is 325 g/mol. The first-order valence-corrected chi connectivity index (χ1v) is 8.01. The molecule has 0 radical (unpaired) electrons. The maximum Gasteiger partial charge on any atom is 0.161 e. The van der Waals surface area contributed by atoms with Crippen molar-refractivity contribution in [2.45, 2.75) is 26.4 Å². The molecule has 2 rings (SSSR count). The number of hydrogen-bond donors (Lipinski definition) is 1. The van der Waals surface area contributed by atoms with Crippen LogP contribution in [0.4, 0.5) is 4.39 Å². The predicted molar refractivity (Wildman–Crippen MR) is 85.5 cm³/mol. The van der Waals surface area contributed by atoms with E-state index in [0.717, 1.165) is 34.0 Å². The Balaban J connectivity index is 2.35. The first-order chi connectivity index (χ1) is 10.7. The second kappa shape index (κ2) is 8.10. The van der Waals surface area contributed by atoms with Crippen molar-refractivity contribution in [2.75, 3.05) is 20.4 Å². The first kappa shape index (κ1) is 16.7. The quantitative estimate of drug-likeness (QED) is 0.805. The summed E-state index contributed by atoms with van der Waals surface area (Å²) >= 11 is 1.57. The van der Waals surface area contributed by atoms with E-state index in [1.807, 2.05) is 6.07 Å². The fraction of sp³-hybridized carbons (Fsp3) is 0.438. The molecule has 4 nitrogen and oxygen atoms in total. The molecule has 1 heterocycles. The summed E-state index contributed by atoms with van der Waals surface area (Å²) in [6, 6.07) is 5.46. The summed E-state index contributed by atoms with van der Waals surface area (Å²) in [4.78, 5) is 5.59. The average Bonchev–Trinajstić information content (AvgIpc) is 2.96. The summed E-state index contributed by atoms with van der Waals surface area (Å²) in [7, 11) is 1.55. The van der Waals surface area contributed by atoms with Crippen LogP contribution < -0.4 is 9.47 Å². The van der Waals surface area contributed by atoms with Crippen molar-refractivity contribution < 1.29 is 19.0 Å². The van der Waals surface area contributed by atoms with Gasteiger partial charge in [-0.2, -0.15) is 0 Å². The Bertz CT molecular complexity index is 615. The van der Waals surface area contributed by atoms with Gasteiger partial charge in [0.1, 0.15) is 18.3 Å². The summed E-state index contributed by atoms with van der Waals surface area (Å²) in [6.45, 7) is 1.46. The van der Waals surface area contributed by atoms with Crippen LogP contribution in [-0.4, -0.2) is 30.5 Å². The van der Waals surface area contributed by atoms with Crippen molar-refractivity contribution in [1.82, 2.24) is 4.98 Å². The second-order valence-corrected chi connectivity index (χ2v) is 5.78. The molecule has 0 bridgehead atoms. The van der Waals surface area contributed by atoms with Gasteiger partial charge in [-0.15, -0.1) is 11.3 Å². The third kappa shape index (κ3) is 3.75. The van der Waals surface area contributed by atoms with E-state index in [4.69, 9.17) is 9.47 Å². The van der Waals surface area contributed by atoms with Gasteiger partial charge >= 0.3 is 0 Å². The number of aryl methyl sites for hydroxylation is 1. The van der Waals surface area contributed by atoms with E-state index in [0.29, 0.717) is 11.5 Å². The molecule has 2 aromatic rings. The molecule has 0 aliphatic carbocycles. The molecule has 0 aliphatic heterocycles. The van der Waals surface area contributed by atoms with E-state index in [-0.39, 0.29) is 13.2 Å². The molecule has 0 aliphatic rings. The topological polar surface area (TPSA) is 51.6 Å². The number of thiazole rings is 1. The number of aromatic nitrogens is 1. The summed E-state index contributed by atoms with van der Waals surface area (Å²) in [5.74, 6) is 1.06. The Morgan fingerprint density at radius 1 is 1.32 bits per heavy atom. The van der Waals surface area contributed by atoms with Crippen molar-refractivity contribution in [2.24, 2.45) is 0 Å². The van der Waals surface area contributed by atoms with Gasteiger partial charge < -0.3 is 14.6 Å². The van der Waals surface area contributed by atoms with Crippen molar-refractivity contribution in [1.29, 1.82) is 0 Å². The lowest BCUT2D eigenvalue weighted by Crippen LogP contribution is -2.00. The van der Waals surface area contributed by atoms with Gasteiger partial charge in [0.15, 0.2) is 11.5 Å². The van der Waals surface area contributed by atoms with Gasteiger partial charge in [-0.1, -0.05) is 13.3 Å². The number of ether oxygens (including phenoxy) is 2. The van der Waals surface area contributed by atoms with E-state index in [1.165, 1.54) is 0 Å². The molecule has 1 aromatic carbocycles. The van der Waals surface area contributed by atoms with E-state index in [2.05, 4.69) is 11.9 Å². The summed E-state index contributed by atoms with van der Waals surface area (Å²) in [6.07, 6.45) is 1.90. The SMILES string of the molecule is CCCc1sc(-c2ccc(OC)c(OCCF)c2)nc1CO. The molecule has 0 amide bonds. The second-order valence-electron chi connectivity index (χ2n) is 4.70. The largest absolute Gasteiger partial charge is 0.493 e. The van der Waals surface area contributed by atoms with Gasteiger partial charge in [0.2, 0.25) is 0 Å². The number of nitrogens with zero attached hydrogens (tertiary/aromatic N) is 1. The Kier molecular flexibility index (Phi) is 6.15. The number of halogens is 1. The zero-order chi connectivity index (χ0) is 15.9. The van der Waals surface area contributed by atoms with E-state index < -0.39 is 6.67 Å². The number of aliphatic hydroxyl groups excluding tert-OH is 1. The van der Waals surface area contributed by atoms with E-state index in [1.54, 1.807) is 30.6 Å². The highest BCUT2D eigenvalue weighted by Gasteiger charge is 2.14. The fourth-order valence-electron chi connectivity index (χ4n) is 2.12. The zero-order valence-corrected chi connectivity index (χ0v) is 13.6. The van der Waals surface area contributed by atoms with Gasteiger partial charge in [0, 0.05) is 10.4 Å². The number of benzene rings is 1. The number of rotatable bonds is 8.